The molecule has 192 valence electrons. The summed E-state index contributed by atoms with van der Waals surface area (Å²) in [5.74, 6) is -2.04. The third kappa shape index (κ3) is 5.84. The number of nitrogens with one attached hydrogen (secondary N) is 1. The van der Waals surface area contributed by atoms with Crippen LogP contribution in [0, 0.1) is 5.82 Å². The highest BCUT2D eigenvalue weighted by Gasteiger charge is 2.32. The Labute approximate surface area is 200 Å². The maximum Gasteiger partial charge on any atom is 0.416 e. The molecule has 0 unspecified atom stereocenters. The van der Waals surface area contributed by atoms with Gasteiger partial charge in [-0.1, -0.05) is 19.4 Å². The maximum absolute atomic E-state index is 13.2. The second-order valence-electron chi connectivity index (χ2n) is 8.58. The van der Waals surface area contributed by atoms with Gasteiger partial charge in [-0.15, -0.1) is 6.04 Å². The van der Waals surface area contributed by atoms with E-state index in [0.717, 1.165) is 31.5 Å². The number of carboxylic acid groups (broad SMARTS) is 1. The Morgan fingerprint density at radius 1 is 1.26 bits per heavy atom. The van der Waals surface area contributed by atoms with Crippen LogP contribution in [0.2, 0.25) is 0 Å². The Balaban J connectivity index is 0.000000205. The molecule has 1 aromatic heterocycles. The van der Waals surface area contributed by atoms with Gasteiger partial charge in [0, 0.05) is 19.1 Å². The predicted molar refractivity (Wildman–Crippen MR) is 120 cm³/mol. The van der Waals surface area contributed by atoms with Crippen molar-refractivity contribution in [3.05, 3.63) is 63.9 Å². The summed E-state index contributed by atoms with van der Waals surface area (Å²) in [4.78, 5) is 25.8. The van der Waals surface area contributed by atoms with Crippen molar-refractivity contribution in [3.8, 4) is 0 Å². The van der Waals surface area contributed by atoms with Crippen LogP contribution in [0.1, 0.15) is 76.8 Å². The molecule has 2 aliphatic heterocycles. The number of amides is 1. The zero-order valence-electron chi connectivity index (χ0n) is 19.5. The lowest BCUT2D eigenvalue weighted by molar-refractivity contribution is -0.137. The van der Waals surface area contributed by atoms with Crippen LogP contribution in [0.3, 0.4) is 0 Å². The highest BCUT2D eigenvalue weighted by molar-refractivity contribution is 5.98. The molecule has 2 atom stereocenters. The summed E-state index contributed by atoms with van der Waals surface area (Å²) < 4.78 is 56.8. The summed E-state index contributed by atoms with van der Waals surface area (Å²) in [5, 5.41) is 9.26. The Hall–Kier alpha value is -2.92. The van der Waals surface area contributed by atoms with Gasteiger partial charge in [-0.25, -0.2) is 9.18 Å². The van der Waals surface area contributed by atoms with E-state index >= 15 is 0 Å². The Kier molecular flexibility index (Phi) is 8.22. The van der Waals surface area contributed by atoms with Gasteiger partial charge in [0.2, 0.25) is 0 Å². The quantitative estimate of drug-likeness (QED) is 0.548. The summed E-state index contributed by atoms with van der Waals surface area (Å²) in [5.41, 5.74) is 7.65. The van der Waals surface area contributed by atoms with E-state index in [4.69, 9.17) is 10.5 Å². The fourth-order valence-corrected chi connectivity index (χ4v) is 4.27. The van der Waals surface area contributed by atoms with E-state index in [1.54, 1.807) is 11.5 Å². The first-order chi connectivity index (χ1) is 16.5. The number of fused-ring (bicyclic) bond motifs is 1. The number of halogens is 4. The van der Waals surface area contributed by atoms with Crippen LogP contribution in [0.4, 0.5) is 17.6 Å². The van der Waals surface area contributed by atoms with Crippen molar-refractivity contribution in [2.75, 3.05) is 13.2 Å². The normalized spacial score (nSPS) is 18.5. The van der Waals surface area contributed by atoms with Crippen molar-refractivity contribution >= 4 is 11.9 Å². The van der Waals surface area contributed by atoms with Crippen molar-refractivity contribution < 1.29 is 37.0 Å². The third-order valence-corrected chi connectivity index (χ3v) is 6.28. The SMILES string of the molecule is CC[C@@H]([NH-])c1ccc(C(F)(F)F)cc1F.C[C@H]1CCCN1C(=O)c1cc(C(=O)O)c2n1CCOC2. The van der Waals surface area contributed by atoms with E-state index < -0.39 is 29.6 Å². The van der Waals surface area contributed by atoms with Crippen molar-refractivity contribution in [2.45, 2.75) is 64.5 Å². The number of benzene rings is 1. The molecule has 2 N–H and O–H groups in total. The number of rotatable bonds is 4. The number of carbonyl (C=O) groups excluding carboxylic acids is 1. The van der Waals surface area contributed by atoms with E-state index in [2.05, 4.69) is 0 Å². The summed E-state index contributed by atoms with van der Waals surface area (Å²) in [7, 11) is 0. The highest BCUT2D eigenvalue weighted by Crippen LogP contribution is 2.32. The monoisotopic (exact) mass is 498 g/mol. The first kappa shape index (κ1) is 26.7. The predicted octanol–water partition coefficient (Wildman–Crippen LogP) is 5.69. The fourth-order valence-electron chi connectivity index (χ4n) is 4.27. The van der Waals surface area contributed by atoms with Crippen molar-refractivity contribution in [1.29, 1.82) is 0 Å². The van der Waals surface area contributed by atoms with Gasteiger partial charge in [-0.2, -0.15) is 13.2 Å². The molecule has 1 aromatic carbocycles. The molecule has 1 amide bonds. The highest BCUT2D eigenvalue weighted by atomic mass is 19.4. The molecule has 0 aliphatic carbocycles. The first-order valence-corrected chi connectivity index (χ1v) is 11.4. The van der Waals surface area contributed by atoms with Crippen LogP contribution in [0.25, 0.3) is 5.73 Å². The van der Waals surface area contributed by atoms with Crippen molar-refractivity contribution in [1.82, 2.24) is 9.47 Å². The summed E-state index contributed by atoms with van der Waals surface area (Å²) in [6.07, 6.45) is -2.16. The fraction of sp³-hybridized carbons (Fsp3) is 0.500. The first-order valence-electron chi connectivity index (χ1n) is 11.4. The van der Waals surface area contributed by atoms with Crippen LogP contribution >= 0.6 is 0 Å². The van der Waals surface area contributed by atoms with Gasteiger partial charge in [-0.3, -0.25) is 4.79 Å². The summed E-state index contributed by atoms with van der Waals surface area (Å²) in [6.45, 7) is 5.76. The van der Waals surface area contributed by atoms with Crippen molar-refractivity contribution in [2.24, 2.45) is 0 Å². The Morgan fingerprint density at radius 2 is 1.97 bits per heavy atom. The minimum atomic E-state index is -4.54. The van der Waals surface area contributed by atoms with Gasteiger partial charge >= 0.3 is 12.1 Å². The number of alkyl halides is 3. The summed E-state index contributed by atoms with van der Waals surface area (Å²) >= 11 is 0. The molecule has 0 saturated carbocycles. The molecule has 35 heavy (non-hydrogen) atoms. The Bertz CT molecular complexity index is 1080. The summed E-state index contributed by atoms with van der Waals surface area (Å²) in [6, 6.07) is 3.18. The lowest BCUT2D eigenvalue weighted by atomic mass is 10.0. The van der Waals surface area contributed by atoms with Gasteiger partial charge in [0.05, 0.1) is 30.0 Å². The molecule has 1 saturated heterocycles. The second-order valence-corrected chi connectivity index (χ2v) is 8.58. The lowest BCUT2D eigenvalue weighted by Crippen LogP contribution is -2.35. The number of carboxylic acids is 1. The second kappa shape index (κ2) is 10.8. The van der Waals surface area contributed by atoms with Crippen LogP contribution < -0.4 is 0 Å². The molecule has 3 heterocycles. The molecule has 0 radical (unpaired) electrons. The van der Waals surface area contributed by atoms with Crippen LogP contribution in [-0.2, 0) is 24.1 Å². The molecule has 0 spiro atoms. The van der Waals surface area contributed by atoms with Gasteiger partial charge in [0.25, 0.3) is 5.91 Å². The molecule has 0 bridgehead atoms. The minimum Gasteiger partial charge on any atom is -0.671 e. The largest absolute Gasteiger partial charge is 0.671 e. The van der Waals surface area contributed by atoms with Gasteiger partial charge < -0.3 is 25.0 Å². The number of aromatic nitrogens is 1. The van der Waals surface area contributed by atoms with Gasteiger partial charge in [0.15, 0.2) is 0 Å². The number of nitrogens with zero attached hydrogens (tertiary/aromatic N) is 2. The number of aromatic carboxylic acids is 1. The Morgan fingerprint density at radius 3 is 2.51 bits per heavy atom. The van der Waals surface area contributed by atoms with Gasteiger partial charge in [0.1, 0.15) is 11.5 Å². The number of ether oxygens (including phenoxy) is 1. The van der Waals surface area contributed by atoms with Crippen molar-refractivity contribution in [3.63, 3.8) is 0 Å². The van der Waals surface area contributed by atoms with E-state index in [-0.39, 0.29) is 29.7 Å². The standard InChI is InChI=1S/C14H18N2O4.C10H10F4N/c1-9-3-2-4-15(9)13(17)11-7-10(14(18)19)12-8-20-6-5-16(11)12;1-2-9(15)7-4-3-6(5-8(7)11)10(12,13)14/h7,9H,2-6,8H2,1H3,(H,18,19);3-5,9,15H,2H2,1H3/q;-1/t2*9-/m01/s1. The number of carbonyl (C=O) groups is 2. The van der Waals surface area contributed by atoms with E-state index in [9.17, 15) is 32.3 Å². The minimum absolute atomic E-state index is 0.00509. The molecule has 2 aromatic rings. The zero-order chi connectivity index (χ0) is 25.9. The van der Waals surface area contributed by atoms with Crippen LogP contribution in [0.5, 0.6) is 0 Å². The zero-order valence-corrected chi connectivity index (χ0v) is 19.5. The molecular weight excluding hydrogens is 470 g/mol. The average Bonchev–Trinajstić information content (AvgIpc) is 3.42. The number of likely N-dealkylation sites (tertiary alicyclic amines) is 1. The molecule has 11 heteroatoms. The third-order valence-electron chi connectivity index (χ3n) is 6.28. The molecule has 2 aliphatic rings. The van der Waals surface area contributed by atoms with E-state index in [0.29, 0.717) is 37.0 Å². The molecule has 4 rings (SSSR count). The number of hydrogen-bond acceptors (Lipinski definition) is 3. The maximum atomic E-state index is 13.2. The number of hydrogen-bond donors (Lipinski definition) is 1. The molecule has 7 nitrogen and oxygen atoms in total. The van der Waals surface area contributed by atoms with E-state index in [1.807, 2.05) is 11.8 Å². The van der Waals surface area contributed by atoms with E-state index in [1.165, 1.54) is 6.07 Å². The average molecular weight is 498 g/mol. The topological polar surface area (TPSA) is 95.6 Å². The lowest BCUT2D eigenvalue weighted by Gasteiger charge is -2.24. The van der Waals surface area contributed by atoms with Gasteiger partial charge in [-0.05, 0) is 43.5 Å². The van der Waals surface area contributed by atoms with Crippen LogP contribution in [-0.4, -0.2) is 45.6 Å². The molecular formula is C24H28F4N3O4-. The molecule has 1 fully saturated rings. The smallest absolute Gasteiger partial charge is 0.416 e. The van der Waals surface area contributed by atoms with Crippen LogP contribution in [0.15, 0.2) is 24.3 Å².